The summed E-state index contributed by atoms with van der Waals surface area (Å²) in [6.45, 7) is 4.84. The normalized spacial score (nSPS) is 11.4. The number of benzene rings is 1. The van der Waals surface area contributed by atoms with Gasteiger partial charge in [0.25, 0.3) is 0 Å². The molecule has 0 bridgehead atoms. The van der Waals surface area contributed by atoms with Gasteiger partial charge in [0, 0.05) is 18.5 Å². The Balaban J connectivity index is 2.13. The number of aromatic amines is 1. The molecule has 86 valence electrons. The van der Waals surface area contributed by atoms with Crippen molar-refractivity contribution in [2.45, 2.75) is 13.5 Å². The molecule has 0 saturated heterocycles. The molecule has 0 unspecified atom stereocenters. The number of aliphatic hydroxyl groups excluding tert-OH is 1. The average molecular weight is 219 g/mol. The van der Waals surface area contributed by atoms with E-state index >= 15 is 0 Å². The van der Waals surface area contributed by atoms with Gasteiger partial charge in [0.2, 0.25) is 0 Å². The van der Waals surface area contributed by atoms with Crippen molar-refractivity contribution in [2.75, 3.05) is 19.7 Å². The molecule has 2 aromatic rings. The number of rotatable bonds is 5. The van der Waals surface area contributed by atoms with Gasteiger partial charge in [0.05, 0.1) is 18.3 Å². The molecule has 0 aliphatic heterocycles. The quantitative estimate of drug-likeness (QED) is 0.798. The molecule has 4 nitrogen and oxygen atoms in total. The van der Waals surface area contributed by atoms with Crippen LogP contribution in [0.25, 0.3) is 10.9 Å². The van der Waals surface area contributed by atoms with E-state index < -0.39 is 0 Å². The molecule has 1 aromatic carbocycles. The standard InChI is InChI=1S/C12H17N3O/c1-2-15(5-6-16)9-10-3-4-11-8-13-14-12(11)7-10/h3-4,7-8,16H,2,5-6,9H2,1H3,(H,13,14). The molecule has 1 aromatic heterocycles. The summed E-state index contributed by atoms with van der Waals surface area (Å²) in [6, 6.07) is 6.29. The molecule has 0 radical (unpaired) electrons. The summed E-state index contributed by atoms with van der Waals surface area (Å²) in [5.74, 6) is 0. The highest BCUT2D eigenvalue weighted by atomic mass is 16.3. The maximum Gasteiger partial charge on any atom is 0.0653 e. The first-order chi connectivity index (χ1) is 7.83. The van der Waals surface area contributed by atoms with Crippen LogP contribution in [0, 0.1) is 0 Å². The largest absolute Gasteiger partial charge is 0.395 e. The fourth-order valence-corrected chi connectivity index (χ4v) is 1.83. The lowest BCUT2D eigenvalue weighted by molar-refractivity contribution is 0.197. The maximum atomic E-state index is 8.93. The number of hydrogen-bond donors (Lipinski definition) is 2. The predicted molar refractivity (Wildman–Crippen MR) is 64.1 cm³/mol. The number of hydrogen-bond acceptors (Lipinski definition) is 3. The van der Waals surface area contributed by atoms with Gasteiger partial charge in [-0.25, -0.2) is 0 Å². The van der Waals surface area contributed by atoms with Crippen molar-refractivity contribution in [3.63, 3.8) is 0 Å². The fourth-order valence-electron chi connectivity index (χ4n) is 1.83. The second-order valence-electron chi connectivity index (χ2n) is 3.88. The summed E-state index contributed by atoms with van der Waals surface area (Å²) in [4.78, 5) is 2.21. The zero-order valence-electron chi connectivity index (χ0n) is 9.48. The van der Waals surface area contributed by atoms with Crippen LogP contribution in [0.15, 0.2) is 24.4 Å². The van der Waals surface area contributed by atoms with E-state index in [0.29, 0.717) is 0 Å². The molecule has 0 saturated carbocycles. The predicted octanol–water partition coefficient (Wildman–Crippen LogP) is 1.38. The van der Waals surface area contributed by atoms with E-state index in [4.69, 9.17) is 5.11 Å². The summed E-state index contributed by atoms with van der Waals surface area (Å²) >= 11 is 0. The second kappa shape index (κ2) is 5.09. The van der Waals surface area contributed by atoms with Crippen molar-refractivity contribution in [1.29, 1.82) is 0 Å². The van der Waals surface area contributed by atoms with Gasteiger partial charge >= 0.3 is 0 Å². The van der Waals surface area contributed by atoms with Gasteiger partial charge in [0.1, 0.15) is 0 Å². The molecule has 0 aliphatic carbocycles. The minimum absolute atomic E-state index is 0.208. The summed E-state index contributed by atoms with van der Waals surface area (Å²) in [7, 11) is 0. The third-order valence-electron chi connectivity index (χ3n) is 2.78. The summed E-state index contributed by atoms with van der Waals surface area (Å²) in [6.07, 6.45) is 1.82. The van der Waals surface area contributed by atoms with Crippen molar-refractivity contribution in [1.82, 2.24) is 15.1 Å². The topological polar surface area (TPSA) is 52.1 Å². The molecule has 0 fully saturated rings. The summed E-state index contributed by atoms with van der Waals surface area (Å²) < 4.78 is 0. The van der Waals surface area contributed by atoms with Crippen LogP contribution in [0.1, 0.15) is 12.5 Å². The van der Waals surface area contributed by atoms with Gasteiger partial charge in [-0.15, -0.1) is 0 Å². The number of fused-ring (bicyclic) bond motifs is 1. The Morgan fingerprint density at radius 1 is 1.44 bits per heavy atom. The number of H-pyrrole nitrogens is 1. The van der Waals surface area contributed by atoms with Crippen LogP contribution < -0.4 is 0 Å². The van der Waals surface area contributed by atoms with Gasteiger partial charge in [-0.05, 0) is 18.2 Å². The van der Waals surface area contributed by atoms with E-state index in [1.54, 1.807) is 0 Å². The molecule has 4 heteroatoms. The first-order valence-electron chi connectivity index (χ1n) is 5.58. The Hall–Kier alpha value is -1.39. The zero-order chi connectivity index (χ0) is 11.4. The van der Waals surface area contributed by atoms with Crippen LogP contribution in [0.5, 0.6) is 0 Å². The number of nitrogens with one attached hydrogen (secondary N) is 1. The molecular formula is C12H17N3O. The molecule has 0 amide bonds. The lowest BCUT2D eigenvalue weighted by Gasteiger charge is -2.18. The smallest absolute Gasteiger partial charge is 0.0653 e. The highest BCUT2D eigenvalue weighted by Crippen LogP contribution is 2.14. The minimum atomic E-state index is 0.208. The highest BCUT2D eigenvalue weighted by Gasteiger charge is 2.04. The van der Waals surface area contributed by atoms with E-state index in [-0.39, 0.29) is 6.61 Å². The van der Waals surface area contributed by atoms with Crippen LogP contribution in [-0.4, -0.2) is 39.9 Å². The highest BCUT2D eigenvalue weighted by molar-refractivity contribution is 5.78. The van der Waals surface area contributed by atoms with Crippen LogP contribution in [0.4, 0.5) is 0 Å². The Bertz CT molecular complexity index is 452. The first-order valence-corrected chi connectivity index (χ1v) is 5.58. The van der Waals surface area contributed by atoms with E-state index in [9.17, 15) is 0 Å². The van der Waals surface area contributed by atoms with E-state index in [1.165, 1.54) is 5.56 Å². The Kier molecular flexibility index (Phi) is 3.54. The van der Waals surface area contributed by atoms with Crippen LogP contribution in [0.3, 0.4) is 0 Å². The molecule has 0 spiro atoms. The molecule has 2 rings (SSSR count). The lowest BCUT2D eigenvalue weighted by Crippen LogP contribution is -2.25. The van der Waals surface area contributed by atoms with Crippen LogP contribution in [-0.2, 0) is 6.54 Å². The zero-order valence-corrected chi connectivity index (χ0v) is 9.48. The van der Waals surface area contributed by atoms with Crippen molar-refractivity contribution in [3.05, 3.63) is 30.0 Å². The van der Waals surface area contributed by atoms with Crippen molar-refractivity contribution in [2.24, 2.45) is 0 Å². The van der Waals surface area contributed by atoms with Gasteiger partial charge in [-0.3, -0.25) is 10.00 Å². The molecule has 0 aliphatic rings. The van der Waals surface area contributed by atoms with E-state index in [0.717, 1.165) is 30.5 Å². The number of aromatic nitrogens is 2. The average Bonchev–Trinajstić information content (AvgIpc) is 2.75. The van der Waals surface area contributed by atoms with Crippen LogP contribution >= 0.6 is 0 Å². The first kappa shape index (κ1) is 11.1. The number of nitrogens with zero attached hydrogens (tertiary/aromatic N) is 2. The van der Waals surface area contributed by atoms with Gasteiger partial charge in [0.15, 0.2) is 0 Å². The van der Waals surface area contributed by atoms with Gasteiger partial charge in [-0.1, -0.05) is 19.1 Å². The maximum absolute atomic E-state index is 8.93. The third kappa shape index (κ3) is 2.40. The van der Waals surface area contributed by atoms with E-state index in [2.05, 4.69) is 40.2 Å². The molecule has 16 heavy (non-hydrogen) atoms. The Labute approximate surface area is 94.9 Å². The third-order valence-corrected chi connectivity index (χ3v) is 2.78. The van der Waals surface area contributed by atoms with E-state index in [1.807, 2.05) is 6.20 Å². The van der Waals surface area contributed by atoms with Gasteiger partial charge in [-0.2, -0.15) is 5.10 Å². The molecule has 2 N–H and O–H groups in total. The molecule has 0 atom stereocenters. The number of aliphatic hydroxyl groups is 1. The monoisotopic (exact) mass is 219 g/mol. The fraction of sp³-hybridized carbons (Fsp3) is 0.417. The van der Waals surface area contributed by atoms with Crippen LogP contribution in [0.2, 0.25) is 0 Å². The molecule has 1 heterocycles. The second-order valence-corrected chi connectivity index (χ2v) is 3.88. The van der Waals surface area contributed by atoms with Gasteiger partial charge < -0.3 is 5.11 Å². The van der Waals surface area contributed by atoms with Crippen molar-refractivity contribution in [3.8, 4) is 0 Å². The Morgan fingerprint density at radius 2 is 2.31 bits per heavy atom. The number of likely N-dealkylation sites (N-methyl/N-ethyl adjacent to an activating group) is 1. The van der Waals surface area contributed by atoms with Crippen molar-refractivity contribution < 1.29 is 5.11 Å². The Morgan fingerprint density at radius 3 is 3.06 bits per heavy atom. The SMILES string of the molecule is CCN(CCO)Cc1ccc2cn[nH]c2c1. The minimum Gasteiger partial charge on any atom is -0.395 e. The van der Waals surface area contributed by atoms with Crippen molar-refractivity contribution >= 4 is 10.9 Å². The lowest BCUT2D eigenvalue weighted by atomic mass is 10.1. The molecular weight excluding hydrogens is 202 g/mol. The summed E-state index contributed by atoms with van der Waals surface area (Å²) in [5.41, 5.74) is 2.31. The summed E-state index contributed by atoms with van der Waals surface area (Å²) in [5, 5.41) is 17.0.